The summed E-state index contributed by atoms with van der Waals surface area (Å²) in [4.78, 5) is 30.5. The lowest BCUT2D eigenvalue weighted by Gasteiger charge is -2.32. The van der Waals surface area contributed by atoms with Crippen LogP contribution >= 0.6 is 0 Å². The number of amides is 1. The van der Waals surface area contributed by atoms with Gasteiger partial charge in [0.05, 0.1) is 19.1 Å². The molecule has 5 rings (SSSR count). The number of aliphatic hydroxyl groups is 1. The number of hydrogen-bond donors (Lipinski definition) is 2. The number of aromatic amines is 1. The Labute approximate surface area is 191 Å². The zero-order valence-corrected chi connectivity index (χ0v) is 18.5. The van der Waals surface area contributed by atoms with Crippen molar-refractivity contribution in [3.8, 4) is 5.75 Å². The van der Waals surface area contributed by atoms with Gasteiger partial charge in [-0.1, -0.05) is 6.07 Å². The fraction of sp³-hybridized carbons (Fsp3) is 0.364. The number of carbonyl (C=O) groups is 1. The molecule has 2 N–H and O–H groups in total. The van der Waals surface area contributed by atoms with E-state index in [1.54, 1.807) is 18.2 Å². The van der Waals surface area contributed by atoms with E-state index >= 15 is 0 Å². The average Bonchev–Trinajstić information content (AvgIpc) is 3.54. The van der Waals surface area contributed by atoms with Gasteiger partial charge in [-0.25, -0.2) is 23.7 Å². The molecular weight excluding hydrogens is 452 g/mol. The van der Waals surface area contributed by atoms with Crippen LogP contribution in [0.15, 0.2) is 33.4 Å². The lowest BCUT2D eigenvalue weighted by molar-refractivity contribution is 0.0436. The van der Waals surface area contributed by atoms with E-state index in [9.17, 15) is 18.7 Å². The molecule has 0 radical (unpaired) electrons. The van der Waals surface area contributed by atoms with Crippen molar-refractivity contribution in [3.63, 3.8) is 0 Å². The second-order valence-electron chi connectivity index (χ2n) is 8.37. The topological polar surface area (TPSA) is 131 Å². The van der Waals surface area contributed by atoms with Crippen LogP contribution in [0.25, 0.3) is 11.1 Å². The average molecular weight is 473 g/mol. The third kappa shape index (κ3) is 3.50. The van der Waals surface area contributed by atoms with E-state index in [2.05, 4.69) is 19.9 Å². The van der Waals surface area contributed by atoms with Gasteiger partial charge in [-0.3, -0.25) is 4.79 Å². The molecule has 10 nitrogen and oxygen atoms in total. The number of aromatic nitrogens is 4. The predicted octanol–water partition coefficient (Wildman–Crippen LogP) is 3.50. The molecule has 0 fully saturated rings. The highest BCUT2D eigenvalue weighted by molar-refractivity contribution is 5.93. The van der Waals surface area contributed by atoms with Gasteiger partial charge in [0.25, 0.3) is 12.3 Å². The summed E-state index contributed by atoms with van der Waals surface area (Å²) in [5, 5.41) is 10.2. The zero-order chi connectivity index (χ0) is 24.2. The molecule has 4 aromatic rings. The van der Waals surface area contributed by atoms with E-state index in [-0.39, 0.29) is 18.3 Å². The summed E-state index contributed by atoms with van der Waals surface area (Å²) in [6.07, 6.45) is -1.20. The third-order valence-corrected chi connectivity index (χ3v) is 5.61. The summed E-state index contributed by atoms with van der Waals surface area (Å²) in [6, 6.07) is 4.27. The number of fused-ring (bicyclic) bond motifs is 2. The van der Waals surface area contributed by atoms with Crippen LogP contribution in [0.1, 0.15) is 65.7 Å². The van der Waals surface area contributed by atoms with Crippen LogP contribution in [0.5, 0.6) is 5.75 Å². The van der Waals surface area contributed by atoms with Crippen LogP contribution < -0.4 is 4.74 Å². The molecule has 0 aliphatic carbocycles. The molecule has 3 aromatic heterocycles. The van der Waals surface area contributed by atoms with Crippen LogP contribution in [0.3, 0.4) is 0 Å². The minimum atomic E-state index is -3.09. The van der Waals surface area contributed by atoms with Gasteiger partial charge in [0.2, 0.25) is 17.5 Å². The van der Waals surface area contributed by atoms with Crippen LogP contribution in [0, 0.1) is 0 Å². The van der Waals surface area contributed by atoms with Gasteiger partial charge in [-0.2, -0.15) is 0 Å². The first-order valence-corrected chi connectivity index (χ1v) is 10.5. The maximum Gasteiger partial charge on any atom is 0.292 e. The fourth-order valence-electron chi connectivity index (χ4n) is 3.99. The van der Waals surface area contributed by atoms with E-state index in [4.69, 9.17) is 13.6 Å². The standard InChI is InChI=1S/C22H21F2N5O5/c1-22(2,31)21-28-14(18(23)24)17(34-21)20(30)29-8-7-10-13(26-9-25-10)15(29)19-27-11-5-4-6-12(32-3)16(11)33-19/h4-6,9,15,18,31H,7-8H2,1-3H3,(H,25,26)/t15-/m0/s1. The van der Waals surface area contributed by atoms with E-state index < -0.39 is 35.4 Å². The van der Waals surface area contributed by atoms with Crippen molar-refractivity contribution in [2.24, 2.45) is 0 Å². The van der Waals surface area contributed by atoms with Gasteiger partial charge in [0.1, 0.15) is 11.1 Å². The van der Waals surface area contributed by atoms with Gasteiger partial charge in [0.15, 0.2) is 23.1 Å². The Bertz CT molecular complexity index is 1370. The SMILES string of the molecule is COc1cccc2nc([C@@H]3c4nc[nH]c4CCN3C(=O)c3oc(C(C)(C)O)nc3C(F)F)oc12. The molecule has 1 amide bonds. The Hall–Kier alpha value is -3.80. The number of nitrogens with one attached hydrogen (secondary N) is 1. The van der Waals surface area contributed by atoms with Crippen molar-refractivity contribution in [2.45, 2.75) is 38.3 Å². The van der Waals surface area contributed by atoms with Gasteiger partial charge in [-0.15, -0.1) is 0 Å². The maximum atomic E-state index is 13.8. The molecule has 4 heterocycles. The monoisotopic (exact) mass is 473 g/mol. The highest BCUT2D eigenvalue weighted by Gasteiger charge is 2.42. The normalized spacial score (nSPS) is 16.3. The van der Waals surface area contributed by atoms with Gasteiger partial charge < -0.3 is 28.6 Å². The number of oxazole rings is 2. The number of benzene rings is 1. The van der Waals surface area contributed by atoms with E-state index in [0.717, 1.165) is 5.69 Å². The van der Waals surface area contributed by atoms with Crippen LogP contribution in [0.4, 0.5) is 8.78 Å². The second-order valence-corrected chi connectivity index (χ2v) is 8.37. The fourth-order valence-corrected chi connectivity index (χ4v) is 3.99. The molecular formula is C22H21F2N5O5. The van der Waals surface area contributed by atoms with Crippen molar-refractivity contribution >= 4 is 17.0 Å². The largest absolute Gasteiger partial charge is 0.493 e. The maximum absolute atomic E-state index is 13.8. The summed E-state index contributed by atoms with van der Waals surface area (Å²) in [7, 11) is 1.50. The molecule has 34 heavy (non-hydrogen) atoms. The first kappa shape index (κ1) is 22.0. The number of hydrogen-bond acceptors (Lipinski definition) is 8. The minimum Gasteiger partial charge on any atom is -0.493 e. The van der Waals surface area contributed by atoms with Gasteiger partial charge in [-0.05, 0) is 26.0 Å². The Morgan fingerprint density at radius 2 is 2.12 bits per heavy atom. The number of methoxy groups -OCH3 is 1. The highest BCUT2D eigenvalue weighted by atomic mass is 19.3. The third-order valence-electron chi connectivity index (χ3n) is 5.61. The van der Waals surface area contributed by atoms with Crippen molar-refractivity contribution < 1.29 is 32.3 Å². The lowest BCUT2D eigenvalue weighted by Crippen LogP contribution is -2.41. The smallest absolute Gasteiger partial charge is 0.292 e. The molecule has 0 saturated heterocycles. The number of ether oxygens (including phenoxy) is 1. The van der Waals surface area contributed by atoms with Crippen LogP contribution in [0.2, 0.25) is 0 Å². The Balaban J connectivity index is 1.63. The number of rotatable bonds is 5. The quantitative estimate of drug-likeness (QED) is 0.450. The number of para-hydroxylation sites is 1. The molecule has 1 aliphatic rings. The lowest BCUT2D eigenvalue weighted by atomic mass is 10.0. The van der Waals surface area contributed by atoms with Crippen molar-refractivity contribution in [1.82, 2.24) is 24.8 Å². The number of carbonyl (C=O) groups excluding carboxylic acids is 1. The minimum absolute atomic E-state index is 0.140. The van der Waals surface area contributed by atoms with Crippen molar-refractivity contribution in [1.29, 1.82) is 0 Å². The molecule has 178 valence electrons. The summed E-state index contributed by atoms with van der Waals surface area (Å²) >= 11 is 0. The first-order chi connectivity index (χ1) is 16.2. The molecule has 0 bridgehead atoms. The number of alkyl halides is 2. The Morgan fingerprint density at radius 1 is 1.32 bits per heavy atom. The molecule has 12 heteroatoms. The highest BCUT2D eigenvalue weighted by Crippen LogP contribution is 2.38. The van der Waals surface area contributed by atoms with Crippen molar-refractivity contribution in [3.05, 3.63) is 59.1 Å². The number of nitrogens with zero attached hydrogens (tertiary/aromatic N) is 4. The van der Waals surface area contributed by atoms with Gasteiger partial charge in [0, 0.05) is 18.7 Å². The van der Waals surface area contributed by atoms with Gasteiger partial charge >= 0.3 is 0 Å². The second kappa shape index (κ2) is 7.90. The molecule has 1 atom stereocenters. The Kier molecular flexibility index (Phi) is 5.12. The zero-order valence-electron chi connectivity index (χ0n) is 18.5. The molecule has 0 saturated carbocycles. The van der Waals surface area contributed by atoms with E-state index in [0.29, 0.717) is 29.0 Å². The summed E-state index contributed by atoms with van der Waals surface area (Å²) in [6.45, 7) is 2.80. The molecule has 1 aliphatic heterocycles. The summed E-state index contributed by atoms with van der Waals surface area (Å²) in [5.41, 5.74) is -0.365. The summed E-state index contributed by atoms with van der Waals surface area (Å²) in [5.74, 6) is -1.28. The number of imidazole rings is 1. The summed E-state index contributed by atoms with van der Waals surface area (Å²) < 4.78 is 44.2. The number of H-pyrrole nitrogens is 1. The number of halogens is 2. The van der Waals surface area contributed by atoms with Crippen molar-refractivity contribution in [2.75, 3.05) is 13.7 Å². The van der Waals surface area contributed by atoms with E-state index in [1.807, 2.05) is 0 Å². The first-order valence-electron chi connectivity index (χ1n) is 10.5. The molecule has 0 unspecified atom stereocenters. The van der Waals surface area contributed by atoms with Crippen LogP contribution in [-0.2, 0) is 12.0 Å². The Morgan fingerprint density at radius 3 is 2.82 bits per heavy atom. The van der Waals surface area contributed by atoms with Crippen LogP contribution in [-0.4, -0.2) is 49.5 Å². The predicted molar refractivity (Wildman–Crippen MR) is 112 cm³/mol. The van der Waals surface area contributed by atoms with E-state index in [1.165, 1.54) is 32.2 Å². The molecule has 0 spiro atoms. The molecule has 1 aromatic carbocycles.